The van der Waals surface area contributed by atoms with Crippen molar-refractivity contribution in [2.45, 2.75) is 38.7 Å². The van der Waals surface area contributed by atoms with E-state index in [1.54, 1.807) is 11.7 Å². The van der Waals surface area contributed by atoms with E-state index in [1.165, 1.54) is 0 Å². The molecule has 0 saturated heterocycles. The lowest BCUT2D eigenvalue weighted by Crippen LogP contribution is -2.11. The third-order valence-electron chi connectivity index (χ3n) is 3.09. The van der Waals surface area contributed by atoms with Crippen LogP contribution in [0.5, 0.6) is 0 Å². The van der Waals surface area contributed by atoms with Crippen molar-refractivity contribution >= 4 is 11.6 Å². The van der Waals surface area contributed by atoms with Gasteiger partial charge in [0.15, 0.2) is 0 Å². The highest BCUT2D eigenvalue weighted by Gasteiger charge is 2.27. The van der Waals surface area contributed by atoms with Gasteiger partial charge >= 0.3 is 0 Å². The number of halogens is 1. The second kappa shape index (κ2) is 5.33. The maximum Gasteiger partial charge on any atom is 0.140 e. The van der Waals surface area contributed by atoms with Crippen LogP contribution in [-0.4, -0.2) is 21.5 Å². The minimum Gasteiger partial charge on any atom is -0.495 e. The third-order valence-corrected chi connectivity index (χ3v) is 3.54. The Morgan fingerprint density at radius 1 is 1.50 bits per heavy atom. The van der Waals surface area contributed by atoms with Gasteiger partial charge in [-0.1, -0.05) is 25.4 Å². The lowest BCUT2D eigenvalue weighted by Gasteiger charge is -2.20. The van der Waals surface area contributed by atoms with Gasteiger partial charge in [-0.2, -0.15) is 5.10 Å². The average molecular weight is 271 g/mol. The number of aromatic nitrogens is 2. The number of nitrogens with zero attached hydrogens (tertiary/aromatic N) is 2. The third kappa shape index (κ3) is 2.40. The van der Waals surface area contributed by atoms with E-state index in [-0.39, 0.29) is 5.92 Å². The Morgan fingerprint density at radius 2 is 2.22 bits per heavy atom. The van der Waals surface area contributed by atoms with Crippen LogP contribution in [0.2, 0.25) is 5.15 Å². The maximum atomic E-state index is 10.4. The topological polar surface area (TPSA) is 47.3 Å². The van der Waals surface area contributed by atoms with E-state index >= 15 is 0 Å². The number of hydrogen-bond donors (Lipinski definition) is 1. The minimum absolute atomic E-state index is 0.206. The lowest BCUT2D eigenvalue weighted by molar-refractivity contribution is 0.0912. The SMILES string of the molecule is CC(C)c1nn(C)c(Cl)c1C(O)C1=CCCCO1. The normalized spacial score (nSPS) is 17.6. The number of aliphatic hydroxyl groups excluding tert-OH is 1. The molecule has 0 bridgehead atoms. The first-order valence-electron chi connectivity index (χ1n) is 6.25. The van der Waals surface area contributed by atoms with Crippen LogP contribution in [0.3, 0.4) is 0 Å². The monoisotopic (exact) mass is 270 g/mol. The molecule has 0 amide bonds. The second-order valence-electron chi connectivity index (χ2n) is 4.87. The summed E-state index contributed by atoms with van der Waals surface area (Å²) in [6.07, 6.45) is 3.04. The predicted octanol–water partition coefficient (Wildman–Crippen LogP) is 2.92. The van der Waals surface area contributed by atoms with Crippen LogP contribution in [0, 0.1) is 0 Å². The van der Waals surface area contributed by atoms with Gasteiger partial charge in [0.2, 0.25) is 0 Å². The molecule has 1 aliphatic heterocycles. The number of ether oxygens (including phenoxy) is 1. The van der Waals surface area contributed by atoms with E-state index < -0.39 is 6.10 Å². The number of aryl methyl sites for hydroxylation is 1. The zero-order valence-electron chi connectivity index (χ0n) is 11.0. The summed E-state index contributed by atoms with van der Waals surface area (Å²) in [6.45, 7) is 4.72. The first-order valence-corrected chi connectivity index (χ1v) is 6.63. The molecule has 1 atom stereocenters. The lowest BCUT2D eigenvalue weighted by atomic mass is 10.00. The molecular weight excluding hydrogens is 252 g/mol. The molecule has 5 heteroatoms. The summed E-state index contributed by atoms with van der Waals surface area (Å²) in [7, 11) is 1.78. The molecule has 2 heterocycles. The highest BCUT2D eigenvalue weighted by atomic mass is 35.5. The highest BCUT2D eigenvalue weighted by Crippen LogP contribution is 2.35. The quantitative estimate of drug-likeness (QED) is 0.919. The van der Waals surface area contributed by atoms with Gasteiger partial charge in [0.1, 0.15) is 17.0 Å². The summed E-state index contributed by atoms with van der Waals surface area (Å²) in [4.78, 5) is 0. The zero-order chi connectivity index (χ0) is 13.3. The van der Waals surface area contributed by atoms with E-state index in [0.717, 1.165) is 18.5 Å². The minimum atomic E-state index is -0.816. The molecule has 1 aromatic heterocycles. The van der Waals surface area contributed by atoms with E-state index in [4.69, 9.17) is 16.3 Å². The van der Waals surface area contributed by atoms with Crippen molar-refractivity contribution in [2.24, 2.45) is 7.05 Å². The summed E-state index contributed by atoms with van der Waals surface area (Å²) in [5.74, 6) is 0.801. The van der Waals surface area contributed by atoms with Crippen molar-refractivity contribution in [3.05, 3.63) is 28.2 Å². The van der Waals surface area contributed by atoms with Crippen molar-refractivity contribution in [3.8, 4) is 0 Å². The Hall–Kier alpha value is -1.00. The van der Waals surface area contributed by atoms with Crippen molar-refractivity contribution in [1.82, 2.24) is 9.78 Å². The van der Waals surface area contributed by atoms with Gasteiger partial charge in [0.25, 0.3) is 0 Å². The summed E-state index contributed by atoms with van der Waals surface area (Å²) in [6, 6.07) is 0. The van der Waals surface area contributed by atoms with E-state index in [9.17, 15) is 5.11 Å². The molecule has 0 spiro atoms. The molecule has 0 fully saturated rings. The van der Waals surface area contributed by atoms with Gasteiger partial charge in [-0.25, -0.2) is 0 Å². The van der Waals surface area contributed by atoms with Crippen LogP contribution < -0.4 is 0 Å². The number of hydrogen-bond acceptors (Lipinski definition) is 3. The van der Waals surface area contributed by atoms with Crippen LogP contribution in [0.1, 0.15) is 50.0 Å². The number of aliphatic hydroxyl groups is 1. The van der Waals surface area contributed by atoms with E-state index in [1.807, 2.05) is 19.9 Å². The molecule has 1 N–H and O–H groups in total. The molecule has 18 heavy (non-hydrogen) atoms. The van der Waals surface area contributed by atoms with Crippen molar-refractivity contribution in [1.29, 1.82) is 0 Å². The molecule has 1 unspecified atom stereocenters. The fourth-order valence-electron chi connectivity index (χ4n) is 2.13. The van der Waals surface area contributed by atoms with Gasteiger partial charge in [-0.3, -0.25) is 4.68 Å². The van der Waals surface area contributed by atoms with Crippen molar-refractivity contribution in [3.63, 3.8) is 0 Å². The Morgan fingerprint density at radius 3 is 2.78 bits per heavy atom. The number of allylic oxidation sites excluding steroid dienone is 1. The molecular formula is C13H19ClN2O2. The van der Waals surface area contributed by atoms with Gasteiger partial charge in [-0.15, -0.1) is 0 Å². The average Bonchev–Trinajstić information content (AvgIpc) is 2.66. The smallest absolute Gasteiger partial charge is 0.140 e. The van der Waals surface area contributed by atoms with Crippen LogP contribution >= 0.6 is 11.6 Å². The molecule has 0 saturated carbocycles. The summed E-state index contributed by atoms with van der Waals surface area (Å²) in [5.41, 5.74) is 1.49. The largest absolute Gasteiger partial charge is 0.495 e. The molecule has 0 radical (unpaired) electrons. The Bertz CT molecular complexity index is 466. The van der Waals surface area contributed by atoms with Gasteiger partial charge in [-0.05, 0) is 24.8 Å². The van der Waals surface area contributed by atoms with Crippen molar-refractivity contribution in [2.75, 3.05) is 6.61 Å². The molecule has 4 nitrogen and oxygen atoms in total. The van der Waals surface area contributed by atoms with Gasteiger partial charge < -0.3 is 9.84 Å². The van der Waals surface area contributed by atoms with E-state index in [0.29, 0.717) is 23.1 Å². The van der Waals surface area contributed by atoms with Gasteiger partial charge in [0, 0.05) is 12.6 Å². The van der Waals surface area contributed by atoms with Gasteiger partial charge in [0.05, 0.1) is 12.3 Å². The first kappa shape index (κ1) is 13.4. The molecule has 0 aromatic carbocycles. The van der Waals surface area contributed by atoms with Crippen LogP contribution in [0.15, 0.2) is 11.8 Å². The highest BCUT2D eigenvalue weighted by molar-refractivity contribution is 6.30. The Balaban J connectivity index is 2.40. The summed E-state index contributed by atoms with van der Waals surface area (Å²) >= 11 is 6.23. The molecule has 0 aliphatic carbocycles. The Labute approximate surface area is 112 Å². The Kier molecular flexibility index (Phi) is 3.97. The second-order valence-corrected chi connectivity index (χ2v) is 5.23. The van der Waals surface area contributed by atoms with Crippen LogP contribution in [0.4, 0.5) is 0 Å². The van der Waals surface area contributed by atoms with E-state index in [2.05, 4.69) is 5.10 Å². The maximum absolute atomic E-state index is 10.4. The standard InChI is InChI=1S/C13H19ClN2O2/c1-8(2)11-10(13(14)16(3)15-11)12(17)9-6-4-5-7-18-9/h6,8,12,17H,4-5,7H2,1-3H3. The molecule has 1 aliphatic rings. The fourth-order valence-corrected chi connectivity index (χ4v) is 2.37. The van der Waals surface area contributed by atoms with Crippen LogP contribution in [0.25, 0.3) is 0 Å². The summed E-state index contributed by atoms with van der Waals surface area (Å²) < 4.78 is 7.10. The zero-order valence-corrected chi connectivity index (χ0v) is 11.7. The summed E-state index contributed by atoms with van der Waals surface area (Å²) in [5, 5.41) is 15.3. The molecule has 2 rings (SSSR count). The molecule has 100 valence electrons. The fraction of sp³-hybridized carbons (Fsp3) is 0.615. The number of rotatable bonds is 3. The molecule has 1 aromatic rings. The first-order chi connectivity index (χ1) is 8.52. The van der Waals surface area contributed by atoms with Crippen LogP contribution in [-0.2, 0) is 11.8 Å². The van der Waals surface area contributed by atoms with Crippen molar-refractivity contribution < 1.29 is 9.84 Å². The predicted molar refractivity (Wildman–Crippen MR) is 70.5 cm³/mol.